The van der Waals surface area contributed by atoms with Crippen molar-refractivity contribution >= 4 is 26.8 Å². The van der Waals surface area contributed by atoms with Crippen molar-refractivity contribution in [1.29, 1.82) is 0 Å². The highest BCUT2D eigenvalue weighted by molar-refractivity contribution is 7.89. The molecule has 0 aromatic heterocycles. The Morgan fingerprint density at radius 2 is 1.83 bits per heavy atom. The summed E-state index contributed by atoms with van der Waals surface area (Å²) in [5.74, 6) is -0.423. The molecule has 122 valence electrons. The van der Waals surface area contributed by atoms with Gasteiger partial charge in [-0.2, -0.15) is 4.31 Å². The van der Waals surface area contributed by atoms with Gasteiger partial charge in [-0.3, -0.25) is 0 Å². The number of fused-ring (bicyclic) bond motifs is 1. The van der Waals surface area contributed by atoms with Crippen LogP contribution >= 0.6 is 0 Å². The number of likely N-dealkylation sites (N-methyl/N-ethyl adjacent to an activating group) is 1. The van der Waals surface area contributed by atoms with Crippen LogP contribution in [0.4, 0.5) is 0 Å². The molecule has 23 heavy (non-hydrogen) atoms. The molecule has 1 saturated heterocycles. The van der Waals surface area contributed by atoms with Crippen LogP contribution in [0.3, 0.4) is 0 Å². The van der Waals surface area contributed by atoms with Crippen molar-refractivity contribution in [1.82, 2.24) is 4.31 Å². The van der Waals surface area contributed by atoms with Crippen LogP contribution in [0.1, 0.15) is 10.4 Å². The molecule has 0 N–H and O–H groups in total. The monoisotopic (exact) mass is 335 g/mol. The largest absolute Gasteiger partial charge is 0.465 e. The van der Waals surface area contributed by atoms with Crippen LogP contribution in [-0.2, 0) is 19.5 Å². The number of hydrogen-bond donors (Lipinski definition) is 0. The number of esters is 1. The molecule has 2 aromatic carbocycles. The number of benzene rings is 2. The second-order valence-electron chi connectivity index (χ2n) is 5.43. The minimum Gasteiger partial charge on any atom is -0.465 e. The minimum absolute atomic E-state index is 0.114. The lowest BCUT2D eigenvalue weighted by molar-refractivity contribution is -0.0305. The van der Waals surface area contributed by atoms with Crippen LogP contribution in [0.2, 0.25) is 0 Å². The van der Waals surface area contributed by atoms with Crippen molar-refractivity contribution in [3.63, 3.8) is 0 Å². The number of methoxy groups -OCH3 is 1. The first-order chi connectivity index (χ1) is 10.9. The summed E-state index contributed by atoms with van der Waals surface area (Å²) in [5, 5.41) is 1.53. The minimum atomic E-state index is -3.56. The molecule has 1 aliphatic heterocycles. The summed E-state index contributed by atoms with van der Waals surface area (Å²) in [6, 6.07) is 9.76. The molecule has 0 saturated carbocycles. The second-order valence-corrected chi connectivity index (χ2v) is 7.43. The van der Waals surface area contributed by atoms with Gasteiger partial charge in [-0.15, -0.1) is 0 Å². The molecule has 0 amide bonds. The smallest absolute Gasteiger partial charge is 0.337 e. The Labute approximate surface area is 134 Å². The lowest BCUT2D eigenvalue weighted by atomic mass is 10.1. The highest BCUT2D eigenvalue weighted by Gasteiger charge is 2.32. The number of ether oxygens (including phenoxy) is 2. The summed E-state index contributed by atoms with van der Waals surface area (Å²) >= 11 is 0. The van der Waals surface area contributed by atoms with E-state index in [0.29, 0.717) is 18.8 Å². The van der Waals surface area contributed by atoms with Crippen molar-refractivity contribution in [2.75, 3.05) is 27.4 Å². The van der Waals surface area contributed by atoms with Crippen molar-refractivity contribution in [3.8, 4) is 0 Å². The van der Waals surface area contributed by atoms with Gasteiger partial charge in [-0.25, -0.2) is 13.2 Å². The maximum Gasteiger partial charge on any atom is 0.337 e. The lowest BCUT2D eigenvalue weighted by Gasteiger charge is -2.33. The van der Waals surface area contributed by atoms with E-state index in [9.17, 15) is 13.2 Å². The van der Waals surface area contributed by atoms with Crippen molar-refractivity contribution in [3.05, 3.63) is 42.0 Å². The zero-order valence-electron chi connectivity index (χ0n) is 12.9. The van der Waals surface area contributed by atoms with Crippen LogP contribution in [0.5, 0.6) is 0 Å². The lowest BCUT2D eigenvalue weighted by Crippen LogP contribution is -2.49. The molecule has 0 spiro atoms. The molecule has 6 nitrogen and oxygen atoms in total. The molecule has 0 radical (unpaired) electrons. The number of carbonyl (C=O) groups is 1. The zero-order valence-corrected chi connectivity index (χ0v) is 13.7. The van der Waals surface area contributed by atoms with E-state index in [2.05, 4.69) is 4.74 Å². The Balaban J connectivity index is 1.98. The standard InChI is InChI=1S/C16H17NO5S/c1-17(14-9-22-10-14)23(19,20)15-6-5-11-7-13(16(18)21-2)4-3-12(11)8-15/h3-8,14H,9-10H2,1-2H3. The third kappa shape index (κ3) is 2.83. The third-order valence-electron chi connectivity index (χ3n) is 4.04. The maximum absolute atomic E-state index is 12.6. The van der Waals surface area contributed by atoms with E-state index < -0.39 is 16.0 Å². The molecule has 1 heterocycles. The molecule has 3 rings (SSSR count). The van der Waals surface area contributed by atoms with Gasteiger partial charge in [-0.05, 0) is 35.0 Å². The quantitative estimate of drug-likeness (QED) is 0.794. The van der Waals surface area contributed by atoms with Crippen LogP contribution < -0.4 is 0 Å². The summed E-state index contributed by atoms with van der Waals surface area (Å²) < 4.78 is 36.3. The fourth-order valence-corrected chi connectivity index (χ4v) is 3.79. The Morgan fingerprint density at radius 3 is 2.43 bits per heavy atom. The van der Waals surface area contributed by atoms with E-state index in [4.69, 9.17) is 4.74 Å². The zero-order chi connectivity index (χ0) is 16.6. The molecular formula is C16H17NO5S. The average Bonchev–Trinajstić information content (AvgIpc) is 2.51. The summed E-state index contributed by atoms with van der Waals surface area (Å²) in [6.45, 7) is 0.845. The van der Waals surface area contributed by atoms with Gasteiger partial charge in [0.25, 0.3) is 0 Å². The Kier molecular flexibility index (Phi) is 4.09. The number of hydrogen-bond acceptors (Lipinski definition) is 5. The van der Waals surface area contributed by atoms with Crippen molar-refractivity contribution in [2.24, 2.45) is 0 Å². The first kappa shape index (κ1) is 15.9. The summed E-state index contributed by atoms with van der Waals surface area (Å²) in [4.78, 5) is 11.8. The summed E-state index contributed by atoms with van der Waals surface area (Å²) in [7, 11) is -0.676. The van der Waals surface area contributed by atoms with Gasteiger partial charge < -0.3 is 9.47 Å². The number of nitrogens with zero attached hydrogens (tertiary/aromatic N) is 1. The number of carbonyl (C=O) groups excluding carboxylic acids is 1. The summed E-state index contributed by atoms with van der Waals surface area (Å²) in [6.07, 6.45) is 0. The van der Waals surface area contributed by atoms with Crippen LogP contribution in [0.25, 0.3) is 10.8 Å². The molecule has 2 aromatic rings. The van der Waals surface area contributed by atoms with Crippen molar-refractivity contribution < 1.29 is 22.7 Å². The van der Waals surface area contributed by atoms with E-state index in [1.807, 2.05) is 0 Å². The number of rotatable bonds is 4. The summed E-state index contributed by atoms with van der Waals surface area (Å²) in [5.41, 5.74) is 0.430. The molecule has 1 aliphatic rings. The first-order valence-corrected chi connectivity index (χ1v) is 8.55. The Bertz CT molecular complexity index is 858. The van der Waals surface area contributed by atoms with E-state index in [0.717, 1.165) is 10.8 Å². The second kappa shape index (κ2) is 5.92. The van der Waals surface area contributed by atoms with E-state index in [1.165, 1.54) is 11.4 Å². The van der Waals surface area contributed by atoms with E-state index in [-0.39, 0.29) is 10.9 Å². The highest BCUT2D eigenvalue weighted by Crippen LogP contribution is 2.25. The van der Waals surface area contributed by atoms with Gasteiger partial charge in [0, 0.05) is 7.05 Å². The Morgan fingerprint density at radius 1 is 1.17 bits per heavy atom. The van der Waals surface area contributed by atoms with Crippen LogP contribution in [-0.4, -0.2) is 52.1 Å². The third-order valence-corrected chi connectivity index (χ3v) is 5.95. The van der Waals surface area contributed by atoms with Crippen LogP contribution in [0.15, 0.2) is 41.3 Å². The molecule has 0 bridgehead atoms. The SMILES string of the molecule is COC(=O)c1ccc2cc(S(=O)(=O)N(C)C3COC3)ccc2c1. The molecule has 0 unspecified atom stereocenters. The van der Waals surface area contributed by atoms with Gasteiger partial charge in [0.05, 0.1) is 36.8 Å². The molecule has 7 heteroatoms. The average molecular weight is 335 g/mol. The number of sulfonamides is 1. The van der Waals surface area contributed by atoms with E-state index in [1.54, 1.807) is 43.4 Å². The van der Waals surface area contributed by atoms with Gasteiger partial charge in [0.15, 0.2) is 0 Å². The Hall–Kier alpha value is -1.96. The van der Waals surface area contributed by atoms with Gasteiger partial charge in [-0.1, -0.05) is 12.1 Å². The first-order valence-electron chi connectivity index (χ1n) is 7.11. The molecular weight excluding hydrogens is 318 g/mol. The fraction of sp³-hybridized carbons (Fsp3) is 0.312. The molecule has 0 atom stereocenters. The maximum atomic E-state index is 12.6. The predicted molar refractivity (Wildman–Crippen MR) is 84.8 cm³/mol. The van der Waals surface area contributed by atoms with Gasteiger partial charge in [0.2, 0.25) is 10.0 Å². The van der Waals surface area contributed by atoms with Gasteiger partial charge >= 0.3 is 5.97 Å². The molecule has 0 aliphatic carbocycles. The highest BCUT2D eigenvalue weighted by atomic mass is 32.2. The normalized spacial score (nSPS) is 15.6. The van der Waals surface area contributed by atoms with E-state index >= 15 is 0 Å². The predicted octanol–water partition coefficient (Wildman–Crippen LogP) is 1.65. The van der Waals surface area contributed by atoms with Gasteiger partial charge in [0.1, 0.15) is 0 Å². The van der Waals surface area contributed by atoms with Crippen LogP contribution in [0, 0.1) is 0 Å². The topological polar surface area (TPSA) is 72.9 Å². The van der Waals surface area contributed by atoms with Crippen molar-refractivity contribution in [2.45, 2.75) is 10.9 Å². The fourth-order valence-electron chi connectivity index (χ4n) is 2.42. The molecule has 1 fully saturated rings.